The molecule has 0 spiro atoms. The summed E-state index contributed by atoms with van der Waals surface area (Å²) in [6, 6.07) is 0. The van der Waals surface area contributed by atoms with Crippen molar-refractivity contribution in [2.45, 2.75) is 51.8 Å². The number of carbonyl (C=O) groups excluding carboxylic acids is 1. The fourth-order valence-electron chi connectivity index (χ4n) is 2.78. The van der Waals surface area contributed by atoms with E-state index in [9.17, 15) is 4.79 Å². The average molecular weight is 292 g/mol. The van der Waals surface area contributed by atoms with Crippen LogP contribution in [0.4, 0.5) is 0 Å². The third kappa shape index (κ3) is 3.89. The number of amides is 1. The van der Waals surface area contributed by atoms with E-state index in [1.165, 1.54) is 6.92 Å². The van der Waals surface area contributed by atoms with Gasteiger partial charge in [-0.3, -0.25) is 4.79 Å². The van der Waals surface area contributed by atoms with E-state index in [0.29, 0.717) is 12.5 Å². The minimum Gasteiger partial charge on any atom is -0.314 e. The van der Waals surface area contributed by atoms with E-state index in [4.69, 9.17) is 23.2 Å². The van der Waals surface area contributed by atoms with Crippen LogP contribution in [0, 0.1) is 11.3 Å². The highest BCUT2D eigenvalue weighted by Crippen LogP contribution is 2.40. The van der Waals surface area contributed by atoms with E-state index in [1.54, 1.807) is 4.90 Å². The molecule has 104 valence electrons. The first-order valence-electron chi connectivity index (χ1n) is 6.47. The minimum absolute atomic E-state index is 0.215. The molecule has 1 atom stereocenters. The van der Waals surface area contributed by atoms with E-state index in [2.05, 4.69) is 26.8 Å². The van der Waals surface area contributed by atoms with Crippen molar-refractivity contribution in [2.75, 3.05) is 6.54 Å². The molecule has 4 heteroatoms. The van der Waals surface area contributed by atoms with Crippen LogP contribution in [0.3, 0.4) is 0 Å². The molecule has 1 unspecified atom stereocenters. The lowest BCUT2D eigenvalue weighted by Crippen LogP contribution is -2.42. The second-order valence-electron chi connectivity index (χ2n) is 6.12. The maximum atomic E-state index is 12.2. The molecule has 0 aromatic heterocycles. The van der Waals surface area contributed by atoms with Crippen LogP contribution < -0.4 is 0 Å². The van der Waals surface area contributed by atoms with Gasteiger partial charge in [-0.2, -0.15) is 0 Å². The lowest BCUT2D eigenvalue weighted by atomic mass is 9.75. The molecule has 0 saturated heterocycles. The topological polar surface area (TPSA) is 20.3 Å². The van der Waals surface area contributed by atoms with Gasteiger partial charge in [0.15, 0.2) is 4.33 Å². The van der Waals surface area contributed by atoms with Crippen molar-refractivity contribution in [3.63, 3.8) is 0 Å². The normalized spacial score (nSPS) is 23.5. The molecule has 1 aliphatic rings. The zero-order valence-corrected chi connectivity index (χ0v) is 13.4. The van der Waals surface area contributed by atoms with Crippen LogP contribution in [0.15, 0.2) is 11.8 Å². The molecular formula is C14H23Cl2NO. The van der Waals surface area contributed by atoms with Gasteiger partial charge in [0.1, 0.15) is 0 Å². The lowest BCUT2D eigenvalue weighted by molar-refractivity contribution is -0.129. The van der Waals surface area contributed by atoms with Crippen molar-refractivity contribution >= 4 is 29.1 Å². The fourth-order valence-corrected chi connectivity index (χ4v) is 2.98. The lowest BCUT2D eigenvalue weighted by Gasteiger charge is -2.38. The zero-order valence-electron chi connectivity index (χ0n) is 11.9. The molecule has 0 aromatic rings. The van der Waals surface area contributed by atoms with E-state index in [0.717, 1.165) is 18.5 Å². The summed E-state index contributed by atoms with van der Waals surface area (Å²) in [7, 11) is 0. The van der Waals surface area contributed by atoms with E-state index in [1.807, 2.05) is 6.92 Å². The summed E-state index contributed by atoms with van der Waals surface area (Å²) < 4.78 is -1.36. The maximum absolute atomic E-state index is 12.2. The monoisotopic (exact) mass is 291 g/mol. The first-order valence-corrected chi connectivity index (χ1v) is 7.23. The number of nitrogens with zero attached hydrogens (tertiary/aromatic N) is 1. The highest BCUT2D eigenvalue weighted by atomic mass is 35.5. The van der Waals surface area contributed by atoms with Crippen LogP contribution >= 0.6 is 23.2 Å². The molecule has 0 bridgehead atoms. The maximum Gasteiger partial charge on any atom is 0.262 e. The van der Waals surface area contributed by atoms with Gasteiger partial charge < -0.3 is 4.90 Å². The number of halogens is 2. The van der Waals surface area contributed by atoms with Crippen molar-refractivity contribution in [2.24, 2.45) is 11.3 Å². The zero-order chi connectivity index (χ0) is 14.1. The van der Waals surface area contributed by atoms with E-state index >= 15 is 0 Å². The first-order chi connectivity index (χ1) is 8.07. The highest BCUT2D eigenvalue weighted by molar-refractivity contribution is 6.57. The largest absolute Gasteiger partial charge is 0.314 e. The molecule has 2 nitrogen and oxygen atoms in total. The van der Waals surface area contributed by atoms with Gasteiger partial charge in [0.25, 0.3) is 5.91 Å². The van der Waals surface area contributed by atoms with Gasteiger partial charge in [-0.15, -0.1) is 0 Å². The standard InChI is InChI=1S/C14H23Cl2NO/c1-6-17(12(18)14(5,15)16)11-7-10(2)8-13(3,4)9-11/h7,10H,6,8-9H2,1-5H3. The number of alkyl halides is 2. The molecule has 0 heterocycles. The van der Waals surface area contributed by atoms with Gasteiger partial charge in [0.05, 0.1) is 0 Å². The summed E-state index contributed by atoms with van der Waals surface area (Å²) >= 11 is 11.9. The number of carbonyl (C=O) groups is 1. The Labute approximate surface area is 120 Å². The second-order valence-corrected chi connectivity index (χ2v) is 7.82. The van der Waals surface area contributed by atoms with Crippen LogP contribution in [-0.4, -0.2) is 21.7 Å². The molecule has 0 radical (unpaired) electrons. The smallest absolute Gasteiger partial charge is 0.262 e. The van der Waals surface area contributed by atoms with Crippen molar-refractivity contribution in [1.82, 2.24) is 4.90 Å². The van der Waals surface area contributed by atoms with E-state index in [-0.39, 0.29) is 11.3 Å². The Morgan fingerprint density at radius 2 is 2.11 bits per heavy atom. The van der Waals surface area contributed by atoms with Gasteiger partial charge in [-0.25, -0.2) is 0 Å². The molecular weight excluding hydrogens is 269 g/mol. The Kier molecular flexibility index (Phi) is 4.77. The summed E-state index contributed by atoms with van der Waals surface area (Å²) in [5, 5.41) is 0. The predicted molar refractivity (Wildman–Crippen MR) is 77.8 cm³/mol. The Morgan fingerprint density at radius 3 is 2.50 bits per heavy atom. The Morgan fingerprint density at radius 1 is 1.56 bits per heavy atom. The number of allylic oxidation sites excluding steroid dienone is 2. The minimum atomic E-state index is -1.36. The summed E-state index contributed by atoms with van der Waals surface area (Å²) in [6.45, 7) is 10.7. The van der Waals surface area contributed by atoms with Crippen LogP contribution in [0.1, 0.15) is 47.5 Å². The quantitative estimate of drug-likeness (QED) is 0.707. The molecule has 0 aromatic carbocycles. The van der Waals surface area contributed by atoms with Gasteiger partial charge in [0.2, 0.25) is 0 Å². The van der Waals surface area contributed by atoms with Gasteiger partial charge in [0, 0.05) is 12.2 Å². The molecule has 0 saturated carbocycles. The van der Waals surface area contributed by atoms with E-state index < -0.39 is 4.33 Å². The number of hydrogen-bond acceptors (Lipinski definition) is 1. The van der Waals surface area contributed by atoms with Crippen LogP contribution in [0.25, 0.3) is 0 Å². The molecule has 0 aliphatic heterocycles. The summed E-state index contributed by atoms with van der Waals surface area (Å²) in [4.78, 5) is 14.0. The number of rotatable bonds is 3. The Bertz CT molecular complexity index is 355. The third-order valence-corrected chi connectivity index (χ3v) is 3.62. The van der Waals surface area contributed by atoms with Crippen molar-refractivity contribution in [3.8, 4) is 0 Å². The van der Waals surface area contributed by atoms with Crippen LogP contribution in [0.2, 0.25) is 0 Å². The molecule has 0 N–H and O–H groups in total. The number of hydrogen-bond donors (Lipinski definition) is 0. The van der Waals surface area contributed by atoms with Gasteiger partial charge in [-0.05, 0) is 38.0 Å². The summed E-state index contributed by atoms with van der Waals surface area (Å²) in [5.41, 5.74) is 1.27. The molecule has 0 fully saturated rings. The first kappa shape index (κ1) is 15.8. The fraction of sp³-hybridized carbons (Fsp3) is 0.786. The SMILES string of the molecule is CCN(C(=O)C(C)(Cl)Cl)C1=CC(C)CC(C)(C)C1. The van der Waals surface area contributed by atoms with Crippen molar-refractivity contribution in [3.05, 3.63) is 11.8 Å². The predicted octanol–water partition coefficient (Wildman–Crippen LogP) is 4.37. The molecule has 1 amide bonds. The van der Waals surface area contributed by atoms with Crippen molar-refractivity contribution < 1.29 is 4.79 Å². The Hall–Kier alpha value is -0.210. The molecule has 1 aliphatic carbocycles. The summed E-state index contributed by atoms with van der Waals surface area (Å²) in [5.74, 6) is 0.243. The summed E-state index contributed by atoms with van der Waals surface area (Å²) in [6.07, 6.45) is 4.20. The van der Waals surface area contributed by atoms with Crippen molar-refractivity contribution in [1.29, 1.82) is 0 Å². The van der Waals surface area contributed by atoms with Crippen LogP contribution in [-0.2, 0) is 4.79 Å². The highest BCUT2D eigenvalue weighted by Gasteiger charge is 2.36. The molecule has 18 heavy (non-hydrogen) atoms. The molecule has 1 rings (SSSR count). The van der Waals surface area contributed by atoms with Gasteiger partial charge >= 0.3 is 0 Å². The third-order valence-electron chi connectivity index (χ3n) is 3.29. The average Bonchev–Trinajstić information content (AvgIpc) is 2.13. The second kappa shape index (κ2) is 5.42. The van der Waals surface area contributed by atoms with Crippen LogP contribution in [0.5, 0.6) is 0 Å². The Balaban J connectivity index is 2.99. The van der Waals surface area contributed by atoms with Gasteiger partial charge in [-0.1, -0.05) is 50.0 Å².